The molecule has 18 heavy (non-hydrogen) atoms. The van der Waals surface area contributed by atoms with Crippen LogP contribution in [0.4, 0.5) is 0 Å². The van der Waals surface area contributed by atoms with E-state index in [1.54, 1.807) is 6.08 Å². The molecule has 0 saturated carbocycles. The molecule has 3 atom stereocenters. The van der Waals surface area contributed by atoms with Crippen LogP contribution in [-0.4, -0.2) is 23.3 Å². The molecular weight excluding hydrogens is 228 g/mol. The molecule has 1 rings (SSSR count). The van der Waals surface area contributed by atoms with Crippen molar-refractivity contribution in [1.29, 1.82) is 0 Å². The summed E-state index contributed by atoms with van der Waals surface area (Å²) in [5.41, 5.74) is 0. The number of hydrogen-bond acceptors (Lipinski definition) is 3. The number of carbonyl (C=O) groups is 1. The molecular formula is C15H26O3. The van der Waals surface area contributed by atoms with Gasteiger partial charge in [-0.25, -0.2) is 0 Å². The number of hydrogen-bond donors (Lipinski definition) is 1. The third-order valence-electron chi connectivity index (χ3n) is 3.59. The Bertz CT molecular complexity index is 262. The molecule has 3 unspecified atom stereocenters. The Morgan fingerprint density at radius 2 is 2.22 bits per heavy atom. The molecule has 0 bridgehead atoms. The molecule has 0 amide bonds. The average Bonchev–Trinajstić information content (AvgIpc) is 2.37. The Morgan fingerprint density at radius 3 is 2.83 bits per heavy atom. The van der Waals surface area contributed by atoms with E-state index >= 15 is 0 Å². The first kappa shape index (κ1) is 15.2. The molecule has 0 spiro atoms. The minimum Gasteiger partial charge on any atom is -0.461 e. The number of cyclic esters (lactones) is 1. The maximum Gasteiger partial charge on any atom is 0.313 e. The summed E-state index contributed by atoms with van der Waals surface area (Å²) in [6.07, 6.45) is 9.20. The molecule has 0 aromatic carbocycles. The van der Waals surface area contributed by atoms with Crippen LogP contribution in [-0.2, 0) is 9.53 Å². The molecule has 104 valence electrons. The van der Waals surface area contributed by atoms with Gasteiger partial charge in [0.05, 0.1) is 12.0 Å². The van der Waals surface area contributed by atoms with Gasteiger partial charge in [-0.05, 0) is 32.1 Å². The second-order valence-electron chi connectivity index (χ2n) is 5.19. The van der Waals surface area contributed by atoms with E-state index in [1.165, 1.54) is 19.3 Å². The maximum absolute atomic E-state index is 11.4. The van der Waals surface area contributed by atoms with Gasteiger partial charge >= 0.3 is 5.97 Å². The number of aliphatic hydroxyl groups excluding tert-OH is 1. The van der Waals surface area contributed by atoms with Crippen molar-refractivity contribution >= 4 is 5.97 Å². The number of allylic oxidation sites excluding steroid dienone is 1. The maximum atomic E-state index is 11.4. The molecule has 1 aliphatic heterocycles. The fourth-order valence-electron chi connectivity index (χ4n) is 2.40. The molecule has 1 saturated heterocycles. The number of carbonyl (C=O) groups excluding carboxylic acids is 1. The van der Waals surface area contributed by atoms with Crippen molar-refractivity contribution in [3.63, 3.8) is 0 Å². The van der Waals surface area contributed by atoms with Crippen LogP contribution in [0.5, 0.6) is 0 Å². The summed E-state index contributed by atoms with van der Waals surface area (Å²) in [4.78, 5) is 11.4. The summed E-state index contributed by atoms with van der Waals surface area (Å²) in [6.45, 7) is 5.81. The summed E-state index contributed by atoms with van der Waals surface area (Å²) in [7, 11) is 0. The van der Waals surface area contributed by atoms with E-state index in [-0.39, 0.29) is 18.0 Å². The third kappa shape index (κ3) is 4.81. The quantitative estimate of drug-likeness (QED) is 0.370. The third-order valence-corrected chi connectivity index (χ3v) is 3.59. The number of aliphatic hydroxyl groups is 1. The van der Waals surface area contributed by atoms with Crippen molar-refractivity contribution in [1.82, 2.24) is 0 Å². The average molecular weight is 254 g/mol. The second-order valence-corrected chi connectivity index (χ2v) is 5.19. The Balaban J connectivity index is 2.21. The van der Waals surface area contributed by atoms with Crippen LogP contribution in [0.15, 0.2) is 12.7 Å². The largest absolute Gasteiger partial charge is 0.461 e. The van der Waals surface area contributed by atoms with Gasteiger partial charge in [-0.1, -0.05) is 32.3 Å². The SMILES string of the molecule is C=CCCC(O)CC1C(=O)OC1CCCCCC. The van der Waals surface area contributed by atoms with Gasteiger partial charge in [0.15, 0.2) is 0 Å². The van der Waals surface area contributed by atoms with Crippen LogP contribution < -0.4 is 0 Å². The predicted octanol–water partition coefficient (Wildman–Crippen LogP) is 3.22. The zero-order valence-corrected chi connectivity index (χ0v) is 11.4. The van der Waals surface area contributed by atoms with E-state index in [1.807, 2.05) is 0 Å². The molecule has 0 aliphatic carbocycles. The van der Waals surface area contributed by atoms with Crippen LogP contribution in [0.25, 0.3) is 0 Å². The van der Waals surface area contributed by atoms with E-state index < -0.39 is 6.10 Å². The monoisotopic (exact) mass is 254 g/mol. The van der Waals surface area contributed by atoms with E-state index in [2.05, 4.69) is 13.5 Å². The lowest BCUT2D eigenvalue weighted by Crippen LogP contribution is -2.46. The Hall–Kier alpha value is -0.830. The van der Waals surface area contributed by atoms with Crippen LogP contribution in [0, 0.1) is 5.92 Å². The highest BCUT2D eigenvalue weighted by atomic mass is 16.6. The summed E-state index contributed by atoms with van der Waals surface area (Å²) in [5, 5.41) is 9.81. The van der Waals surface area contributed by atoms with E-state index in [0.717, 1.165) is 19.3 Å². The topological polar surface area (TPSA) is 46.5 Å². The zero-order chi connectivity index (χ0) is 13.4. The number of ether oxygens (including phenoxy) is 1. The highest BCUT2D eigenvalue weighted by molar-refractivity contribution is 5.78. The Kier molecular flexibility index (Phi) is 7.02. The first-order chi connectivity index (χ1) is 8.69. The van der Waals surface area contributed by atoms with Gasteiger partial charge in [0.1, 0.15) is 6.10 Å². The highest BCUT2D eigenvalue weighted by Gasteiger charge is 2.42. The number of esters is 1. The standard InChI is InChI=1S/C15H26O3/c1-3-5-7-8-10-14-13(15(17)18-14)11-12(16)9-6-4-2/h4,12-14,16H,2-3,5-11H2,1H3. The van der Waals surface area contributed by atoms with E-state index in [4.69, 9.17) is 4.74 Å². The predicted molar refractivity (Wildman–Crippen MR) is 72.2 cm³/mol. The molecule has 3 heteroatoms. The molecule has 1 heterocycles. The van der Waals surface area contributed by atoms with Crippen molar-refractivity contribution in [3.8, 4) is 0 Å². The van der Waals surface area contributed by atoms with E-state index in [0.29, 0.717) is 12.8 Å². The van der Waals surface area contributed by atoms with Gasteiger partial charge in [0.2, 0.25) is 0 Å². The fourth-order valence-corrected chi connectivity index (χ4v) is 2.40. The van der Waals surface area contributed by atoms with Crippen LogP contribution >= 0.6 is 0 Å². The lowest BCUT2D eigenvalue weighted by molar-refractivity contribution is -0.188. The number of rotatable bonds is 10. The van der Waals surface area contributed by atoms with Crippen molar-refractivity contribution in [2.75, 3.05) is 0 Å². The first-order valence-electron chi connectivity index (χ1n) is 7.18. The molecule has 0 radical (unpaired) electrons. The molecule has 1 aliphatic rings. The second kappa shape index (κ2) is 8.30. The Labute approximate surface area is 110 Å². The molecule has 0 aromatic rings. The smallest absolute Gasteiger partial charge is 0.313 e. The minimum atomic E-state index is -0.404. The highest BCUT2D eigenvalue weighted by Crippen LogP contribution is 2.31. The molecule has 1 fully saturated rings. The van der Waals surface area contributed by atoms with Gasteiger partial charge in [-0.15, -0.1) is 6.58 Å². The molecule has 1 N–H and O–H groups in total. The van der Waals surface area contributed by atoms with Gasteiger partial charge < -0.3 is 9.84 Å². The van der Waals surface area contributed by atoms with Gasteiger partial charge in [-0.2, -0.15) is 0 Å². The van der Waals surface area contributed by atoms with Crippen molar-refractivity contribution in [2.45, 2.75) is 70.5 Å². The first-order valence-corrected chi connectivity index (χ1v) is 7.18. The summed E-state index contributed by atoms with van der Waals surface area (Å²) < 4.78 is 5.17. The lowest BCUT2D eigenvalue weighted by atomic mass is 9.86. The van der Waals surface area contributed by atoms with Gasteiger partial charge in [-0.3, -0.25) is 4.79 Å². The van der Waals surface area contributed by atoms with Crippen molar-refractivity contribution in [3.05, 3.63) is 12.7 Å². The Morgan fingerprint density at radius 1 is 1.44 bits per heavy atom. The van der Waals surface area contributed by atoms with Gasteiger partial charge in [0, 0.05) is 0 Å². The number of unbranched alkanes of at least 4 members (excludes halogenated alkanes) is 3. The van der Waals surface area contributed by atoms with Crippen molar-refractivity contribution < 1.29 is 14.6 Å². The van der Waals surface area contributed by atoms with Crippen LogP contribution in [0.1, 0.15) is 58.3 Å². The lowest BCUT2D eigenvalue weighted by Gasteiger charge is -2.36. The van der Waals surface area contributed by atoms with Crippen LogP contribution in [0.2, 0.25) is 0 Å². The molecule has 0 aromatic heterocycles. The molecule has 3 nitrogen and oxygen atoms in total. The van der Waals surface area contributed by atoms with Crippen LogP contribution in [0.3, 0.4) is 0 Å². The minimum absolute atomic E-state index is 0.0488. The fraction of sp³-hybridized carbons (Fsp3) is 0.800. The summed E-state index contributed by atoms with van der Waals surface area (Å²) >= 11 is 0. The van der Waals surface area contributed by atoms with E-state index in [9.17, 15) is 9.90 Å². The van der Waals surface area contributed by atoms with Crippen molar-refractivity contribution in [2.24, 2.45) is 5.92 Å². The van der Waals surface area contributed by atoms with Gasteiger partial charge in [0.25, 0.3) is 0 Å². The summed E-state index contributed by atoms with van der Waals surface area (Å²) in [6, 6.07) is 0. The normalized spacial score (nSPS) is 24.2. The summed E-state index contributed by atoms with van der Waals surface area (Å²) in [5.74, 6) is -0.209. The zero-order valence-electron chi connectivity index (χ0n) is 11.4.